The molecule has 0 unspecified atom stereocenters. The van der Waals surface area contributed by atoms with Crippen molar-refractivity contribution in [3.8, 4) is 12.3 Å². The van der Waals surface area contributed by atoms with Crippen LogP contribution in [0.4, 0.5) is 11.4 Å². The lowest BCUT2D eigenvalue weighted by atomic mass is 10.1. The summed E-state index contributed by atoms with van der Waals surface area (Å²) in [6.07, 6.45) is 5.86. The van der Waals surface area contributed by atoms with Crippen LogP contribution in [-0.2, 0) is 14.3 Å². The van der Waals surface area contributed by atoms with E-state index in [-0.39, 0.29) is 18.4 Å². The number of ether oxygens (including phenoxy) is 1. The van der Waals surface area contributed by atoms with E-state index in [0.717, 1.165) is 11.3 Å². The van der Waals surface area contributed by atoms with Gasteiger partial charge in [-0.25, -0.2) is 0 Å². The topological polar surface area (TPSA) is 58.6 Å². The van der Waals surface area contributed by atoms with Crippen LogP contribution in [0.1, 0.15) is 18.4 Å². The average molecular weight is 286 g/mol. The molecule has 0 spiro atoms. The molecule has 5 heteroatoms. The maximum Gasteiger partial charge on any atom is 0.253 e. The normalized spacial score (nSPS) is 14.7. The van der Waals surface area contributed by atoms with E-state index in [0.29, 0.717) is 31.7 Å². The number of carbonyl (C=O) groups excluding carboxylic acids is 2. The number of hydrogen-bond donors (Lipinski definition) is 1. The van der Waals surface area contributed by atoms with Gasteiger partial charge in [0.15, 0.2) is 0 Å². The average Bonchev–Trinajstić information content (AvgIpc) is 2.46. The smallest absolute Gasteiger partial charge is 0.253 e. The van der Waals surface area contributed by atoms with Gasteiger partial charge < -0.3 is 15.0 Å². The molecule has 1 saturated heterocycles. The Morgan fingerprint density at radius 3 is 3.00 bits per heavy atom. The third-order valence-electron chi connectivity index (χ3n) is 3.25. The molecule has 21 heavy (non-hydrogen) atoms. The van der Waals surface area contributed by atoms with Crippen molar-refractivity contribution in [2.75, 3.05) is 30.0 Å². The van der Waals surface area contributed by atoms with Gasteiger partial charge in [0.05, 0.1) is 6.61 Å². The van der Waals surface area contributed by atoms with E-state index in [2.05, 4.69) is 11.2 Å². The molecule has 0 aromatic heterocycles. The standard InChI is InChI=1S/C16H18N2O3/c1-3-4-5-15(19)17-13-6-7-14(12(2)10-13)18-8-9-21-11-16(18)20/h1,6-7,10H,4-5,8-9,11H2,2H3,(H,17,19). The van der Waals surface area contributed by atoms with E-state index >= 15 is 0 Å². The van der Waals surface area contributed by atoms with Crippen molar-refractivity contribution in [2.24, 2.45) is 0 Å². The van der Waals surface area contributed by atoms with Crippen LogP contribution in [0.5, 0.6) is 0 Å². The van der Waals surface area contributed by atoms with Crippen LogP contribution in [0.15, 0.2) is 18.2 Å². The minimum Gasteiger partial charge on any atom is -0.370 e. The monoisotopic (exact) mass is 286 g/mol. The summed E-state index contributed by atoms with van der Waals surface area (Å²) in [7, 11) is 0. The van der Waals surface area contributed by atoms with Crippen molar-refractivity contribution in [2.45, 2.75) is 19.8 Å². The highest BCUT2D eigenvalue weighted by Crippen LogP contribution is 2.25. The van der Waals surface area contributed by atoms with Crippen LogP contribution >= 0.6 is 0 Å². The van der Waals surface area contributed by atoms with Crippen LogP contribution < -0.4 is 10.2 Å². The minimum atomic E-state index is -0.109. The molecule has 1 aliphatic rings. The van der Waals surface area contributed by atoms with Gasteiger partial charge in [0.1, 0.15) is 6.61 Å². The third-order valence-corrected chi connectivity index (χ3v) is 3.25. The lowest BCUT2D eigenvalue weighted by molar-refractivity contribution is -0.125. The Balaban J connectivity index is 2.08. The fourth-order valence-corrected chi connectivity index (χ4v) is 2.22. The first-order valence-corrected chi connectivity index (χ1v) is 6.84. The lowest BCUT2D eigenvalue weighted by Crippen LogP contribution is -2.42. The fraction of sp³-hybridized carbons (Fsp3) is 0.375. The summed E-state index contributed by atoms with van der Waals surface area (Å²) in [5.74, 6) is 2.28. The second-order valence-electron chi connectivity index (χ2n) is 4.85. The number of rotatable bonds is 4. The Kier molecular flexibility index (Phi) is 4.96. The number of nitrogens with zero attached hydrogens (tertiary/aromatic N) is 1. The number of morpholine rings is 1. The fourth-order valence-electron chi connectivity index (χ4n) is 2.22. The second-order valence-corrected chi connectivity index (χ2v) is 4.85. The summed E-state index contributed by atoms with van der Waals surface area (Å²) < 4.78 is 5.12. The van der Waals surface area contributed by atoms with Crippen molar-refractivity contribution < 1.29 is 14.3 Å². The Bertz CT molecular complexity index is 590. The molecule has 2 amide bonds. The Morgan fingerprint density at radius 2 is 2.33 bits per heavy atom. The van der Waals surface area contributed by atoms with Crippen LogP contribution in [0, 0.1) is 19.3 Å². The van der Waals surface area contributed by atoms with Gasteiger partial charge in [0.25, 0.3) is 5.91 Å². The van der Waals surface area contributed by atoms with E-state index in [1.807, 2.05) is 19.1 Å². The van der Waals surface area contributed by atoms with Gasteiger partial charge in [-0.1, -0.05) is 0 Å². The summed E-state index contributed by atoms with van der Waals surface area (Å²) in [5, 5.41) is 2.80. The molecule has 2 rings (SSSR count). The SMILES string of the molecule is C#CCCC(=O)Nc1ccc(N2CCOCC2=O)c(C)c1. The number of terminal acetylenes is 1. The van der Waals surface area contributed by atoms with Gasteiger partial charge in [-0.2, -0.15) is 0 Å². The van der Waals surface area contributed by atoms with Gasteiger partial charge in [0.2, 0.25) is 5.91 Å². The van der Waals surface area contributed by atoms with Crippen molar-refractivity contribution >= 4 is 23.2 Å². The van der Waals surface area contributed by atoms with Gasteiger partial charge in [-0.3, -0.25) is 9.59 Å². The number of aryl methyl sites for hydroxylation is 1. The van der Waals surface area contributed by atoms with Gasteiger partial charge in [-0.05, 0) is 30.7 Å². The second kappa shape index (κ2) is 6.91. The summed E-state index contributed by atoms with van der Waals surface area (Å²) >= 11 is 0. The van der Waals surface area contributed by atoms with Crippen LogP contribution in [0.25, 0.3) is 0 Å². The van der Waals surface area contributed by atoms with Crippen LogP contribution in [0.2, 0.25) is 0 Å². The molecule has 1 heterocycles. The van der Waals surface area contributed by atoms with E-state index < -0.39 is 0 Å². The summed E-state index contributed by atoms with van der Waals surface area (Å²) in [6.45, 7) is 3.11. The van der Waals surface area contributed by atoms with E-state index in [9.17, 15) is 9.59 Å². The van der Waals surface area contributed by atoms with Gasteiger partial charge in [0, 0.05) is 30.8 Å². The lowest BCUT2D eigenvalue weighted by Gasteiger charge is -2.28. The molecule has 1 fully saturated rings. The molecule has 0 atom stereocenters. The Morgan fingerprint density at radius 1 is 1.52 bits per heavy atom. The molecule has 1 aromatic carbocycles. The predicted molar refractivity (Wildman–Crippen MR) is 81.0 cm³/mol. The molecule has 0 saturated carbocycles. The molecule has 1 aliphatic heterocycles. The van der Waals surface area contributed by atoms with Gasteiger partial charge >= 0.3 is 0 Å². The molecular formula is C16H18N2O3. The molecule has 0 bridgehead atoms. The van der Waals surface area contributed by atoms with E-state index in [4.69, 9.17) is 11.2 Å². The zero-order valence-corrected chi connectivity index (χ0v) is 12.0. The quantitative estimate of drug-likeness (QED) is 0.857. The molecule has 0 radical (unpaired) electrons. The molecule has 110 valence electrons. The molecule has 0 aliphatic carbocycles. The first-order chi connectivity index (χ1) is 10.1. The number of benzene rings is 1. The molecule has 5 nitrogen and oxygen atoms in total. The van der Waals surface area contributed by atoms with Crippen molar-refractivity contribution in [1.82, 2.24) is 0 Å². The predicted octanol–water partition coefficient (Wildman–Crippen LogP) is 1.71. The summed E-state index contributed by atoms with van der Waals surface area (Å²) in [6, 6.07) is 5.49. The Hall–Kier alpha value is -2.32. The maximum absolute atomic E-state index is 11.8. The van der Waals surface area contributed by atoms with E-state index in [1.165, 1.54) is 0 Å². The summed E-state index contributed by atoms with van der Waals surface area (Å²) in [4.78, 5) is 25.2. The molecule has 1 aromatic rings. The van der Waals surface area contributed by atoms with Crippen LogP contribution in [-0.4, -0.2) is 31.6 Å². The van der Waals surface area contributed by atoms with Crippen molar-refractivity contribution in [1.29, 1.82) is 0 Å². The maximum atomic E-state index is 11.8. The van der Waals surface area contributed by atoms with Crippen molar-refractivity contribution in [3.05, 3.63) is 23.8 Å². The Labute approximate surface area is 124 Å². The van der Waals surface area contributed by atoms with Gasteiger partial charge in [-0.15, -0.1) is 12.3 Å². The molecule has 1 N–H and O–H groups in total. The number of anilines is 2. The third kappa shape index (κ3) is 3.83. The zero-order valence-electron chi connectivity index (χ0n) is 12.0. The largest absolute Gasteiger partial charge is 0.370 e. The first-order valence-electron chi connectivity index (χ1n) is 6.84. The number of hydrogen-bond acceptors (Lipinski definition) is 3. The zero-order chi connectivity index (χ0) is 15.2. The highest BCUT2D eigenvalue weighted by atomic mass is 16.5. The van der Waals surface area contributed by atoms with Crippen molar-refractivity contribution in [3.63, 3.8) is 0 Å². The highest BCUT2D eigenvalue weighted by Gasteiger charge is 2.21. The molecular weight excluding hydrogens is 268 g/mol. The number of nitrogens with one attached hydrogen (secondary N) is 1. The number of carbonyl (C=O) groups is 2. The summed E-state index contributed by atoms with van der Waals surface area (Å²) in [5.41, 5.74) is 2.49. The first kappa shape index (κ1) is 15.1. The number of amides is 2. The van der Waals surface area contributed by atoms with E-state index in [1.54, 1.807) is 11.0 Å². The van der Waals surface area contributed by atoms with Crippen LogP contribution in [0.3, 0.4) is 0 Å². The highest BCUT2D eigenvalue weighted by molar-refractivity contribution is 5.96. The minimum absolute atomic E-state index is 0.0462.